The van der Waals surface area contributed by atoms with Gasteiger partial charge >= 0.3 is 0 Å². The molecule has 3 aliphatic rings. The van der Waals surface area contributed by atoms with E-state index in [2.05, 4.69) is 5.43 Å². The fourth-order valence-electron chi connectivity index (χ4n) is 4.00. The van der Waals surface area contributed by atoms with Crippen molar-refractivity contribution >= 4 is 17.5 Å². The number of benzene rings is 1. The molecule has 2 aliphatic carbocycles. The van der Waals surface area contributed by atoms with Gasteiger partial charge < -0.3 is 0 Å². The van der Waals surface area contributed by atoms with Crippen LogP contribution in [0.1, 0.15) is 60.9 Å². The Morgan fingerprint density at radius 3 is 1.96 bits per heavy atom. The summed E-state index contributed by atoms with van der Waals surface area (Å²) in [5.74, 6) is -0.0156. The second kappa shape index (κ2) is 6.56. The molecule has 0 unspecified atom stereocenters. The third kappa shape index (κ3) is 2.87. The molecule has 0 saturated heterocycles. The van der Waals surface area contributed by atoms with Crippen LogP contribution < -0.4 is 5.43 Å². The van der Waals surface area contributed by atoms with Crippen LogP contribution in [0.5, 0.6) is 0 Å². The molecular weight excluding hydrogens is 328 g/mol. The van der Waals surface area contributed by atoms with Crippen LogP contribution in [-0.4, -0.2) is 22.5 Å². The number of allylic oxidation sites excluding steroid dienone is 4. The van der Waals surface area contributed by atoms with Crippen molar-refractivity contribution in [2.75, 3.05) is 0 Å². The maximum absolute atomic E-state index is 12.8. The lowest BCUT2D eigenvalue weighted by molar-refractivity contribution is -0.117. The Morgan fingerprint density at radius 2 is 1.42 bits per heavy atom. The molecule has 1 aliphatic heterocycles. The van der Waals surface area contributed by atoms with Crippen molar-refractivity contribution in [2.24, 2.45) is 0 Å². The van der Waals surface area contributed by atoms with Gasteiger partial charge in [-0.2, -0.15) is 0 Å². The van der Waals surface area contributed by atoms with Crippen molar-refractivity contribution in [3.63, 3.8) is 0 Å². The number of aryl methyl sites for hydroxylation is 1. The molecule has 0 spiro atoms. The number of amides is 1. The van der Waals surface area contributed by atoms with Gasteiger partial charge in [0.25, 0.3) is 5.91 Å². The van der Waals surface area contributed by atoms with Crippen LogP contribution >= 0.6 is 0 Å². The van der Waals surface area contributed by atoms with Crippen LogP contribution in [-0.2, 0) is 9.59 Å². The lowest BCUT2D eigenvalue weighted by Gasteiger charge is -2.40. The number of carbonyl (C=O) groups excluding carboxylic acids is 3. The summed E-state index contributed by atoms with van der Waals surface area (Å²) in [6, 6.07) is 7.37. The van der Waals surface area contributed by atoms with E-state index in [1.54, 1.807) is 17.1 Å². The van der Waals surface area contributed by atoms with Gasteiger partial charge in [0.1, 0.15) is 0 Å². The third-order valence-corrected chi connectivity index (χ3v) is 5.43. The highest BCUT2D eigenvalue weighted by atomic mass is 16.2. The summed E-state index contributed by atoms with van der Waals surface area (Å²) in [7, 11) is 0. The van der Waals surface area contributed by atoms with Crippen molar-refractivity contribution in [1.82, 2.24) is 10.4 Å². The van der Waals surface area contributed by atoms with Gasteiger partial charge in [-0.25, -0.2) is 0 Å². The molecular formula is C21H22N2O3. The summed E-state index contributed by atoms with van der Waals surface area (Å²) in [6.45, 7) is 1.97. The zero-order valence-electron chi connectivity index (χ0n) is 14.9. The minimum Gasteiger partial charge on any atom is -0.294 e. The average molecular weight is 350 g/mol. The number of nitrogens with zero attached hydrogens (tertiary/aromatic N) is 1. The highest BCUT2D eigenvalue weighted by Crippen LogP contribution is 2.40. The van der Waals surface area contributed by atoms with Gasteiger partial charge in [-0.15, -0.1) is 0 Å². The van der Waals surface area contributed by atoms with Crippen molar-refractivity contribution in [2.45, 2.75) is 51.9 Å². The van der Waals surface area contributed by atoms with Crippen LogP contribution in [0.25, 0.3) is 0 Å². The third-order valence-electron chi connectivity index (χ3n) is 5.43. The van der Waals surface area contributed by atoms with E-state index < -0.39 is 0 Å². The van der Waals surface area contributed by atoms with E-state index in [-0.39, 0.29) is 17.5 Å². The molecule has 1 aromatic carbocycles. The lowest BCUT2D eigenvalue weighted by Crippen LogP contribution is -2.46. The fourth-order valence-corrected chi connectivity index (χ4v) is 4.00. The lowest BCUT2D eigenvalue weighted by atomic mass is 9.81. The Balaban J connectivity index is 1.71. The minimum absolute atomic E-state index is 0.103. The SMILES string of the molecule is Cc1ccc(C(=O)NN2C3=C(CC4=C2CCCC4=O)C(=O)CCC3)cc1. The zero-order chi connectivity index (χ0) is 18.3. The van der Waals surface area contributed by atoms with Crippen LogP contribution in [0.4, 0.5) is 0 Å². The molecule has 1 N–H and O–H groups in total. The first-order valence-corrected chi connectivity index (χ1v) is 9.23. The molecule has 0 bridgehead atoms. The van der Waals surface area contributed by atoms with E-state index in [9.17, 15) is 14.4 Å². The first-order chi connectivity index (χ1) is 12.5. The molecule has 1 heterocycles. The minimum atomic E-state index is -0.221. The second-order valence-electron chi connectivity index (χ2n) is 7.22. The molecule has 0 fully saturated rings. The standard InChI is InChI=1S/C21H22N2O3/c1-13-8-10-14(11-9-13)21(26)22-23-17-4-2-6-19(24)15(17)12-16-18(23)5-3-7-20(16)25/h8-11H,2-7,12H2,1H3,(H,22,26). The summed E-state index contributed by atoms with van der Waals surface area (Å²) in [5, 5.41) is 1.75. The Kier molecular flexibility index (Phi) is 4.23. The van der Waals surface area contributed by atoms with Gasteiger partial charge in [-0.05, 0) is 44.7 Å². The average Bonchev–Trinajstić information content (AvgIpc) is 2.63. The molecule has 1 amide bonds. The molecule has 0 aromatic heterocycles. The van der Waals surface area contributed by atoms with Crippen LogP contribution in [0.2, 0.25) is 0 Å². The first-order valence-electron chi connectivity index (χ1n) is 9.23. The monoisotopic (exact) mass is 350 g/mol. The molecule has 0 atom stereocenters. The molecule has 1 aromatic rings. The summed E-state index contributed by atoms with van der Waals surface area (Å²) in [6.07, 6.45) is 4.54. The number of ketones is 2. The van der Waals surface area contributed by atoms with E-state index in [1.807, 2.05) is 19.1 Å². The van der Waals surface area contributed by atoms with E-state index in [1.165, 1.54) is 0 Å². The molecule has 0 radical (unpaired) electrons. The van der Waals surface area contributed by atoms with Crippen LogP contribution in [0.15, 0.2) is 46.8 Å². The predicted molar refractivity (Wildman–Crippen MR) is 96.9 cm³/mol. The predicted octanol–water partition coefficient (Wildman–Crippen LogP) is 3.36. The Labute approximate surface area is 152 Å². The van der Waals surface area contributed by atoms with Crippen molar-refractivity contribution in [3.8, 4) is 0 Å². The van der Waals surface area contributed by atoms with Gasteiger partial charge in [-0.1, -0.05) is 17.7 Å². The van der Waals surface area contributed by atoms with Crippen molar-refractivity contribution in [1.29, 1.82) is 0 Å². The van der Waals surface area contributed by atoms with Gasteiger partial charge in [0.05, 0.1) is 0 Å². The topological polar surface area (TPSA) is 66.5 Å². The zero-order valence-corrected chi connectivity index (χ0v) is 14.9. The van der Waals surface area contributed by atoms with Crippen molar-refractivity contribution < 1.29 is 14.4 Å². The highest BCUT2D eigenvalue weighted by molar-refractivity contribution is 6.04. The summed E-state index contributed by atoms with van der Waals surface area (Å²) < 4.78 is 0. The van der Waals surface area contributed by atoms with Crippen molar-refractivity contribution in [3.05, 3.63) is 57.9 Å². The maximum Gasteiger partial charge on any atom is 0.270 e. The Bertz CT molecular complexity index is 820. The maximum atomic E-state index is 12.8. The smallest absolute Gasteiger partial charge is 0.270 e. The normalized spacial score (nSPS) is 20.1. The Hall–Kier alpha value is -2.69. The number of hydrogen-bond acceptors (Lipinski definition) is 4. The number of Topliss-reactive ketones (excluding diaryl/α,β-unsaturated/α-hetero) is 2. The van der Waals surface area contributed by atoms with Gasteiger partial charge in [-0.3, -0.25) is 24.8 Å². The summed E-state index contributed by atoms with van der Waals surface area (Å²) in [5.41, 5.74) is 7.77. The van der Waals surface area contributed by atoms with E-state index >= 15 is 0 Å². The molecule has 134 valence electrons. The van der Waals surface area contributed by atoms with E-state index in [0.717, 1.165) is 42.6 Å². The second-order valence-corrected chi connectivity index (χ2v) is 7.22. The molecule has 4 rings (SSSR count). The van der Waals surface area contributed by atoms with Gasteiger partial charge in [0.2, 0.25) is 0 Å². The Morgan fingerprint density at radius 1 is 0.885 bits per heavy atom. The molecule has 0 saturated carbocycles. The van der Waals surface area contributed by atoms with Crippen LogP contribution in [0, 0.1) is 6.92 Å². The summed E-state index contributed by atoms with van der Waals surface area (Å²) >= 11 is 0. The quantitative estimate of drug-likeness (QED) is 0.888. The number of hydrogen-bond donors (Lipinski definition) is 1. The summed E-state index contributed by atoms with van der Waals surface area (Å²) in [4.78, 5) is 37.6. The largest absolute Gasteiger partial charge is 0.294 e. The first kappa shape index (κ1) is 16.8. The van der Waals surface area contributed by atoms with E-state index in [4.69, 9.17) is 0 Å². The number of nitrogens with one attached hydrogen (secondary N) is 1. The van der Waals surface area contributed by atoms with Gasteiger partial charge in [0.15, 0.2) is 11.6 Å². The molecule has 5 heteroatoms. The number of rotatable bonds is 2. The highest BCUT2D eigenvalue weighted by Gasteiger charge is 2.37. The van der Waals surface area contributed by atoms with Crippen LogP contribution in [0.3, 0.4) is 0 Å². The fraction of sp³-hybridized carbons (Fsp3) is 0.381. The van der Waals surface area contributed by atoms with Gasteiger partial charge in [0, 0.05) is 47.4 Å². The molecule has 26 heavy (non-hydrogen) atoms. The van der Waals surface area contributed by atoms with E-state index in [0.29, 0.717) is 36.0 Å². The number of carbonyl (C=O) groups is 3. The molecule has 5 nitrogen and oxygen atoms in total. The number of hydrazine groups is 1.